The fraction of sp³-hybridized carbons (Fsp3) is 0.160. The van der Waals surface area contributed by atoms with Crippen LogP contribution in [0, 0.1) is 5.41 Å². The van der Waals surface area contributed by atoms with E-state index >= 15 is 0 Å². The summed E-state index contributed by atoms with van der Waals surface area (Å²) in [7, 11) is 0. The largest absolute Gasteiger partial charge is 0.489 e. The number of aliphatic carboxylic acids is 1. The van der Waals surface area contributed by atoms with E-state index < -0.39 is 17.8 Å². The van der Waals surface area contributed by atoms with Crippen LogP contribution < -0.4 is 15.2 Å². The van der Waals surface area contributed by atoms with E-state index in [1.165, 1.54) is 0 Å². The van der Waals surface area contributed by atoms with Gasteiger partial charge in [-0.05, 0) is 41.0 Å². The van der Waals surface area contributed by atoms with Gasteiger partial charge in [-0.1, -0.05) is 54.6 Å². The van der Waals surface area contributed by atoms with Crippen LogP contribution in [-0.4, -0.2) is 29.3 Å². The monoisotopic (exact) mass is 432 g/mol. The second kappa shape index (κ2) is 10.8. The number of carboxylic acid groups (broad SMARTS) is 1. The van der Waals surface area contributed by atoms with E-state index in [0.717, 1.165) is 11.1 Å². The van der Waals surface area contributed by atoms with Gasteiger partial charge in [0.25, 0.3) is 0 Å². The number of carboxylic acids is 1. The number of carbonyl (C=O) groups is 2. The number of nitrogens with one attached hydrogen (secondary N) is 1. The third-order valence-corrected chi connectivity index (χ3v) is 4.84. The molecule has 1 unspecified atom stereocenters. The SMILES string of the molecule is N=C(COc1ccc(COc2ccc(C(CC(=O)O)C(N)=O)cc2)cc1)c1ccccc1. The lowest BCUT2D eigenvalue weighted by atomic mass is 9.95. The standard InChI is InChI=1S/C25H24N2O5/c26-23(19-4-2-1-3-5-19)16-32-20-10-6-17(7-11-20)15-31-21-12-8-18(9-13-21)22(25(27)30)14-24(28)29/h1-13,22,26H,14-16H2,(H2,27,30)(H,28,29). The second-order valence-electron chi connectivity index (χ2n) is 7.19. The maximum absolute atomic E-state index is 11.5. The van der Waals surface area contributed by atoms with Crippen molar-refractivity contribution in [2.75, 3.05) is 6.61 Å². The highest BCUT2D eigenvalue weighted by Crippen LogP contribution is 2.23. The molecule has 0 aliphatic rings. The minimum Gasteiger partial charge on any atom is -0.489 e. The molecule has 164 valence electrons. The molecule has 0 aromatic heterocycles. The van der Waals surface area contributed by atoms with E-state index in [-0.39, 0.29) is 13.0 Å². The summed E-state index contributed by atoms with van der Waals surface area (Å²) >= 11 is 0. The zero-order valence-corrected chi connectivity index (χ0v) is 17.4. The summed E-state index contributed by atoms with van der Waals surface area (Å²) in [4.78, 5) is 22.4. The van der Waals surface area contributed by atoms with Crippen molar-refractivity contribution in [1.82, 2.24) is 0 Å². The maximum Gasteiger partial charge on any atom is 0.304 e. The van der Waals surface area contributed by atoms with Gasteiger partial charge in [-0.25, -0.2) is 0 Å². The fourth-order valence-electron chi connectivity index (χ4n) is 3.08. The van der Waals surface area contributed by atoms with Crippen molar-refractivity contribution in [3.8, 4) is 11.5 Å². The van der Waals surface area contributed by atoms with Crippen molar-refractivity contribution < 1.29 is 24.2 Å². The molecule has 0 spiro atoms. The number of benzene rings is 3. The number of amides is 1. The molecule has 3 aromatic carbocycles. The predicted molar refractivity (Wildman–Crippen MR) is 120 cm³/mol. The van der Waals surface area contributed by atoms with Gasteiger partial charge in [-0.2, -0.15) is 0 Å². The number of rotatable bonds is 11. The van der Waals surface area contributed by atoms with Gasteiger partial charge in [0.1, 0.15) is 24.7 Å². The molecule has 4 N–H and O–H groups in total. The Morgan fingerprint density at radius 3 is 2.06 bits per heavy atom. The fourth-order valence-corrected chi connectivity index (χ4v) is 3.08. The van der Waals surface area contributed by atoms with Crippen molar-refractivity contribution in [2.45, 2.75) is 18.9 Å². The summed E-state index contributed by atoms with van der Waals surface area (Å²) in [6.07, 6.45) is -0.352. The zero-order valence-electron chi connectivity index (χ0n) is 17.4. The lowest BCUT2D eigenvalue weighted by Crippen LogP contribution is -2.23. The van der Waals surface area contributed by atoms with Gasteiger partial charge < -0.3 is 25.7 Å². The van der Waals surface area contributed by atoms with Crippen LogP contribution in [0.1, 0.15) is 29.0 Å². The van der Waals surface area contributed by atoms with Crippen molar-refractivity contribution in [3.63, 3.8) is 0 Å². The average molecular weight is 432 g/mol. The Morgan fingerprint density at radius 2 is 1.47 bits per heavy atom. The Labute approximate surface area is 185 Å². The van der Waals surface area contributed by atoms with Crippen LogP contribution >= 0.6 is 0 Å². The second-order valence-corrected chi connectivity index (χ2v) is 7.19. The number of hydrogen-bond acceptors (Lipinski definition) is 5. The number of ether oxygens (including phenoxy) is 2. The van der Waals surface area contributed by atoms with E-state index in [4.69, 9.17) is 25.7 Å². The normalized spacial score (nSPS) is 11.4. The highest BCUT2D eigenvalue weighted by atomic mass is 16.5. The molecule has 0 heterocycles. The first-order valence-electron chi connectivity index (χ1n) is 10.0. The van der Waals surface area contributed by atoms with Crippen LogP contribution in [0.2, 0.25) is 0 Å². The van der Waals surface area contributed by atoms with Crippen LogP contribution in [0.3, 0.4) is 0 Å². The van der Waals surface area contributed by atoms with E-state index in [2.05, 4.69) is 0 Å². The lowest BCUT2D eigenvalue weighted by Gasteiger charge is -2.13. The molecule has 0 aliphatic heterocycles. The average Bonchev–Trinajstić information content (AvgIpc) is 2.81. The zero-order chi connectivity index (χ0) is 22.9. The summed E-state index contributed by atoms with van der Waals surface area (Å²) in [5.74, 6) is -1.39. The number of primary amides is 1. The Kier molecular flexibility index (Phi) is 7.59. The number of nitrogens with two attached hydrogens (primary N) is 1. The molecule has 0 aliphatic carbocycles. The Hall–Kier alpha value is -4.13. The summed E-state index contributed by atoms with van der Waals surface area (Å²) in [5.41, 5.74) is 8.02. The van der Waals surface area contributed by atoms with E-state index in [0.29, 0.717) is 29.4 Å². The molecular formula is C25H24N2O5. The van der Waals surface area contributed by atoms with E-state index in [1.54, 1.807) is 24.3 Å². The summed E-state index contributed by atoms with van der Waals surface area (Å²) in [6.45, 7) is 0.508. The van der Waals surface area contributed by atoms with Crippen molar-refractivity contribution >= 4 is 17.6 Å². The molecule has 0 saturated heterocycles. The van der Waals surface area contributed by atoms with Crippen LogP contribution in [0.25, 0.3) is 0 Å². The minimum atomic E-state index is -1.08. The first-order chi connectivity index (χ1) is 15.4. The molecule has 0 saturated carbocycles. The van der Waals surface area contributed by atoms with Crippen LogP contribution in [-0.2, 0) is 16.2 Å². The smallest absolute Gasteiger partial charge is 0.304 e. The topological polar surface area (TPSA) is 123 Å². The molecule has 0 radical (unpaired) electrons. The van der Waals surface area contributed by atoms with Crippen LogP contribution in [0.4, 0.5) is 0 Å². The van der Waals surface area contributed by atoms with E-state index in [9.17, 15) is 9.59 Å². The van der Waals surface area contributed by atoms with Crippen molar-refractivity contribution in [1.29, 1.82) is 5.41 Å². The van der Waals surface area contributed by atoms with Gasteiger partial charge in [-0.15, -0.1) is 0 Å². The Morgan fingerprint density at radius 1 is 0.875 bits per heavy atom. The molecule has 1 amide bonds. The summed E-state index contributed by atoms with van der Waals surface area (Å²) < 4.78 is 11.4. The highest BCUT2D eigenvalue weighted by molar-refractivity contribution is 5.99. The van der Waals surface area contributed by atoms with E-state index in [1.807, 2.05) is 54.6 Å². The predicted octanol–water partition coefficient (Wildman–Crippen LogP) is 3.76. The van der Waals surface area contributed by atoms with Crippen molar-refractivity contribution in [2.24, 2.45) is 5.73 Å². The van der Waals surface area contributed by atoms with Gasteiger partial charge in [0.15, 0.2) is 0 Å². The molecular weight excluding hydrogens is 408 g/mol. The molecule has 7 heteroatoms. The first-order valence-corrected chi connectivity index (χ1v) is 10.0. The lowest BCUT2D eigenvalue weighted by molar-refractivity contribution is -0.139. The quantitative estimate of drug-likeness (QED) is 0.398. The molecule has 3 aromatic rings. The minimum absolute atomic E-state index is 0.181. The Balaban J connectivity index is 1.51. The van der Waals surface area contributed by atoms with Gasteiger partial charge in [0.05, 0.1) is 18.1 Å². The van der Waals surface area contributed by atoms with Gasteiger partial charge >= 0.3 is 5.97 Å². The Bertz CT molecular complexity index is 1060. The summed E-state index contributed by atoms with van der Waals surface area (Å²) in [5, 5.41) is 17.0. The van der Waals surface area contributed by atoms with Crippen LogP contribution in [0.5, 0.6) is 11.5 Å². The number of hydrogen-bond donors (Lipinski definition) is 3. The van der Waals surface area contributed by atoms with Gasteiger partial charge in [-0.3, -0.25) is 9.59 Å². The maximum atomic E-state index is 11.5. The summed E-state index contributed by atoms with van der Waals surface area (Å²) in [6, 6.07) is 23.5. The van der Waals surface area contributed by atoms with Gasteiger partial charge in [0, 0.05) is 0 Å². The highest BCUT2D eigenvalue weighted by Gasteiger charge is 2.21. The first kappa shape index (κ1) is 22.6. The van der Waals surface area contributed by atoms with Crippen molar-refractivity contribution in [3.05, 3.63) is 95.6 Å². The molecule has 0 bridgehead atoms. The molecule has 3 rings (SSSR count). The molecule has 0 fully saturated rings. The molecule has 1 atom stereocenters. The van der Waals surface area contributed by atoms with Gasteiger partial charge in [0.2, 0.25) is 5.91 Å². The molecule has 7 nitrogen and oxygen atoms in total. The molecule has 32 heavy (non-hydrogen) atoms. The third-order valence-electron chi connectivity index (χ3n) is 4.84. The number of carbonyl (C=O) groups excluding carboxylic acids is 1. The third kappa shape index (κ3) is 6.43. The van der Waals surface area contributed by atoms with Crippen LogP contribution in [0.15, 0.2) is 78.9 Å².